The number of hydrogen-bond donors (Lipinski definition) is 0. The Morgan fingerprint density at radius 1 is 1.50 bits per heavy atom. The maximum atomic E-state index is 12.7. The number of ether oxygens (including phenoxy) is 1. The fraction of sp³-hybridized carbons (Fsp3) is 0.375. The SMILES string of the molecule is COC(=O)c1cncc(C(C)(F)F)n1. The molecule has 0 radical (unpaired) electrons. The Balaban J connectivity index is 3.08. The van der Waals surface area contributed by atoms with Crippen molar-refractivity contribution in [3.63, 3.8) is 0 Å². The highest BCUT2D eigenvalue weighted by molar-refractivity contribution is 5.86. The Bertz CT molecular complexity index is 349. The van der Waals surface area contributed by atoms with Crippen LogP contribution in [-0.2, 0) is 10.7 Å². The van der Waals surface area contributed by atoms with Gasteiger partial charge in [-0.3, -0.25) is 4.98 Å². The molecule has 0 saturated heterocycles. The first-order valence-electron chi connectivity index (χ1n) is 3.74. The van der Waals surface area contributed by atoms with Crippen LogP contribution in [0.2, 0.25) is 0 Å². The average molecular weight is 202 g/mol. The molecule has 76 valence electrons. The number of hydrogen-bond acceptors (Lipinski definition) is 4. The van der Waals surface area contributed by atoms with E-state index in [0.717, 1.165) is 19.5 Å². The zero-order valence-corrected chi connectivity index (χ0v) is 7.62. The van der Waals surface area contributed by atoms with Crippen LogP contribution in [0.15, 0.2) is 12.4 Å². The topological polar surface area (TPSA) is 52.1 Å². The van der Waals surface area contributed by atoms with Crippen LogP contribution >= 0.6 is 0 Å². The summed E-state index contributed by atoms with van der Waals surface area (Å²) in [5, 5.41) is 0. The van der Waals surface area contributed by atoms with Gasteiger partial charge in [-0.25, -0.2) is 9.78 Å². The Labute approximate surface area is 78.9 Å². The normalized spacial score (nSPS) is 11.1. The number of methoxy groups -OCH3 is 1. The van der Waals surface area contributed by atoms with Crippen LogP contribution in [0.25, 0.3) is 0 Å². The van der Waals surface area contributed by atoms with E-state index in [4.69, 9.17) is 0 Å². The van der Waals surface area contributed by atoms with Crippen molar-refractivity contribution >= 4 is 5.97 Å². The highest BCUT2D eigenvalue weighted by Gasteiger charge is 2.27. The molecule has 1 aromatic heterocycles. The average Bonchev–Trinajstić information content (AvgIpc) is 2.15. The first-order valence-corrected chi connectivity index (χ1v) is 3.74. The van der Waals surface area contributed by atoms with E-state index in [-0.39, 0.29) is 5.69 Å². The van der Waals surface area contributed by atoms with E-state index in [1.54, 1.807) is 0 Å². The third kappa shape index (κ3) is 2.21. The van der Waals surface area contributed by atoms with E-state index in [1.807, 2.05) is 0 Å². The van der Waals surface area contributed by atoms with E-state index in [9.17, 15) is 13.6 Å². The molecule has 0 fully saturated rings. The maximum Gasteiger partial charge on any atom is 0.358 e. The molecule has 0 amide bonds. The molecular weight excluding hydrogens is 194 g/mol. The van der Waals surface area contributed by atoms with Gasteiger partial charge in [-0.2, -0.15) is 8.78 Å². The molecule has 14 heavy (non-hydrogen) atoms. The Morgan fingerprint density at radius 2 is 2.14 bits per heavy atom. The third-order valence-corrected chi connectivity index (χ3v) is 1.48. The molecule has 1 aromatic rings. The number of alkyl halides is 2. The number of aromatic nitrogens is 2. The molecule has 0 bridgehead atoms. The van der Waals surface area contributed by atoms with Crippen LogP contribution in [0, 0.1) is 0 Å². The summed E-state index contributed by atoms with van der Waals surface area (Å²) >= 11 is 0. The van der Waals surface area contributed by atoms with Gasteiger partial charge in [-0.05, 0) is 0 Å². The number of carbonyl (C=O) groups is 1. The smallest absolute Gasteiger partial charge is 0.358 e. The monoisotopic (exact) mass is 202 g/mol. The van der Waals surface area contributed by atoms with Gasteiger partial charge in [0.15, 0.2) is 5.69 Å². The largest absolute Gasteiger partial charge is 0.464 e. The molecule has 1 rings (SSSR count). The second-order valence-electron chi connectivity index (χ2n) is 2.67. The lowest BCUT2D eigenvalue weighted by Gasteiger charge is -2.08. The van der Waals surface area contributed by atoms with Crippen LogP contribution in [0.3, 0.4) is 0 Å². The molecule has 0 aromatic carbocycles. The Morgan fingerprint density at radius 3 is 2.64 bits per heavy atom. The second kappa shape index (κ2) is 3.65. The van der Waals surface area contributed by atoms with Crippen LogP contribution in [0.5, 0.6) is 0 Å². The minimum Gasteiger partial charge on any atom is -0.464 e. The van der Waals surface area contributed by atoms with Crippen molar-refractivity contribution in [1.82, 2.24) is 9.97 Å². The third-order valence-electron chi connectivity index (χ3n) is 1.48. The van der Waals surface area contributed by atoms with Gasteiger partial charge in [0.1, 0.15) is 5.69 Å². The van der Waals surface area contributed by atoms with E-state index in [0.29, 0.717) is 6.92 Å². The molecule has 0 spiro atoms. The lowest BCUT2D eigenvalue weighted by atomic mass is 10.3. The standard InChI is InChI=1S/C8H8F2N2O2/c1-8(9,10)6-4-11-3-5(12-6)7(13)14-2/h3-4H,1-2H3. The molecule has 4 nitrogen and oxygen atoms in total. The van der Waals surface area contributed by atoms with E-state index < -0.39 is 17.6 Å². The van der Waals surface area contributed by atoms with Crippen LogP contribution < -0.4 is 0 Å². The Kier molecular flexibility index (Phi) is 2.73. The highest BCUT2D eigenvalue weighted by atomic mass is 19.3. The van der Waals surface area contributed by atoms with Crippen molar-refractivity contribution in [1.29, 1.82) is 0 Å². The minimum atomic E-state index is -3.11. The predicted octanol–water partition coefficient (Wildman–Crippen LogP) is 1.37. The van der Waals surface area contributed by atoms with Gasteiger partial charge in [0.2, 0.25) is 0 Å². The van der Waals surface area contributed by atoms with Gasteiger partial charge in [0, 0.05) is 6.92 Å². The van der Waals surface area contributed by atoms with Gasteiger partial charge in [0.25, 0.3) is 5.92 Å². The van der Waals surface area contributed by atoms with Gasteiger partial charge in [-0.1, -0.05) is 0 Å². The molecule has 0 aliphatic heterocycles. The van der Waals surface area contributed by atoms with Crippen LogP contribution in [0.4, 0.5) is 8.78 Å². The molecule has 6 heteroatoms. The summed E-state index contributed by atoms with van der Waals surface area (Å²) in [5.74, 6) is -3.90. The second-order valence-corrected chi connectivity index (χ2v) is 2.67. The van der Waals surface area contributed by atoms with Crippen molar-refractivity contribution in [2.45, 2.75) is 12.8 Å². The first kappa shape index (κ1) is 10.5. The summed E-state index contributed by atoms with van der Waals surface area (Å²) in [5.41, 5.74) is -0.785. The number of rotatable bonds is 2. The number of nitrogens with zero attached hydrogens (tertiary/aromatic N) is 2. The summed E-state index contributed by atoms with van der Waals surface area (Å²) in [6.45, 7) is 0.679. The summed E-state index contributed by atoms with van der Waals surface area (Å²) in [7, 11) is 1.14. The van der Waals surface area contributed by atoms with Crippen molar-refractivity contribution in [3.05, 3.63) is 23.8 Å². The van der Waals surface area contributed by atoms with E-state index >= 15 is 0 Å². The van der Waals surface area contributed by atoms with Crippen LogP contribution in [-0.4, -0.2) is 23.0 Å². The fourth-order valence-electron chi connectivity index (χ4n) is 0.780. The maximum absolute atomic E-state index is 12.7. The lowest BCUT2D eigenvalue weighted by molar-refractivity contribution is 0.0120. The van der Waals surface area contributed by atoms with Gasteiger partial charge in [0.05, 0.1) is 19.5 Å². The molecule has 0 aliphatic carbocycles. The molecule has 0 N–H and O–H groups in total. The minimum absolute atomic E-state index is 0.230. The van der Waals surface area contributed by atoms with Crippen molar-refractivity contribution in [2.75, 3.05) is 7.11 Å². The highest BCUT2D eigenvalue weighted by Crippen LogP contribution is 2.24. The molecular formula is C8H8F2N2O2. The number of carbonyl (C=O) groups excluding carboxylic acids is 1. The zero-order valence-electron chi connectivity index (χ0n) is 7.62. The summed E-state index contributed by atoms with van der Waals surface area (Å²) in [6.07, 6.45) is 1.98. The van der Waals surface area contributed by atoms with Crippen LogP contribution in [0.1, 0.15) is 23.1 Å². The summed E-state index contributed by atoms with van der Waals surface area (Å²) in [6, 6.07) is 0. The molecule has 0 aliphatic rings. The van der Waals surface area contributed by atoms with Gasteiger partial charge < -0.3 is 4.74 Å². The van der Waals surface area contributed by atoms with Gasteiger partial charge >= 0.3 is 5.97 Å². The quantitative estimate of drug-likeness (QED) is 0.679. The molecule has 0 saturated carbocycles. The Hall–Kier alpha value is -1.59. The number of halogens is 2. The van der Waals surface area contributed by atoms with Crippen molar-refractivity contribution in [2.24, 2.45) is 0 Å². The van der Waals surface area contributed by atoms with E-state index in [1.165, 1.54) is 0 Å². The zero-order chi connectivity index (χ0) is 10.8. The van der Waals surface area contributed by atoms with Crippen molar-refractivity contribution < 1.29 is 18.3 Å². The molecule has 1 heterocycles. The summed E-state index contributed by atoms with van der Waals surface area (Å²) < 4.78 is 29.8. The molecule has 0 unspecified atom stereocenters. The first-order chi connectivity index (χ1) is 6.45. The fourth-order valence-corrected chi connectivity index (χ4v) is 0.780. The van der Waals surface area contributed by atoms with Crippen molar-refractivity contribution in [3.8, 4) is 0 Å². The lowest BCUT2D eigenvalue weighted by Crippen LogP contribution is -2.14. The number of esters is 1. The van der Waals surface area contributed by atoms with E-state index in [2.05, 4.69) is 14.7 Å². The van der Waals surface area contributed by atoms with Gasteiger partial charge in [-0.15, -0.1) is 0 Å². The predicted molar refractivity (Wildman–Crippen MR) is 42.9 cm³/mol. The summed E-state index contributed by atoms with van der Waals surface area (Å²) in [4.78, 5) is 17.8. The molecule has 0 atom stereocenters.